The fourth-order valence-electron chi connectivity index (χ4n) is 3.13. The zero-order chi connectivity index (χ0) is 20.1. The van der Waals surface area contributed by atoms with Gasteiger partial charge in [-0.15, -0.1) is 11.3 Å². The quantitative estimate of drug-likeness (QED) is 0.666. The third kappa shape index (κ3) is 4.87. The van der Waals surface area contributed by atoms with Crippen LogP contribution >= 0.6 is 11.3 Å². The molecule has 150 valence electrons. The summed E-state index contributed by atoms with van der Waals surface area (Å²) in [6.45, 7) is 3.20. The van der Waals surface area contributed by atoms with Crippen LogP contribution in [-0.2, 0) is 11.3 Å². The Balaban J connectivity index is 1.22. The van der Waals surface area contributed by atoms with Crippen LogP contribution in [0.5, 0.6) is 0 Å². The number of piperazine rings is 1. The summed E-state index contributed by atoms with van der Waals surface area (Å²) in [6.07, 6.45) is 0. The molecule has 0 atom stereocenters. The van der Waals surface area contributed by atoms with Crippen molar-refractivity contribution in [2.24, 2.45) is 0 Å². The van der Waals surface area contributed by atoms with E-state index >= 15 is 0 Å². The van der Waals surface area contributed by atoms with Crippen LogP contribution in [-0.4, -0.2) is 64.5 Å². The van der Waals surface area contributed by atoms with E-state index in [1.54, 1.807) is 40.5 Å². The van der Waals surface area contributed by atoms with E-state index in [4.69, 9.17) is 4.52 Å². The molecule has 1 saturated heterocycles. The lowest BCUT2D eigenvalue weighted by molar-refractivity contribution is -0.131. The molecular formula is C20H21N5O3S. The lowest BCUT2D eigenvalue weighted by Gasteiger charge is -2.34. The molecule has 0 bridgehead atoms. The lowest BCUT2D eigenvalue weighted by Crippen LogP contribution is -2.50. The summed E-state index contributed by atoms with van der Waals surface area (Å²) < 4.78 is 5.35. The summed E-state index contributed by atoms with van der Waals surface area (Å²) in [5.74, 6) is 0.864. The Morgan fingerprint density at radius 3 is 2.59 bits per heavy atom. The van der Waals surface area contributed by atoms with Gasteiger partial charge in [-0.3, -0.25) is 14.5 Å². The van der Waals surface area contributed by atoms with Crippen molar-refractivity contribution < 1.29 is 14.1 Å². The SMILES string of the molecule is O=C(NCC(=O)N1CCN(Cc2nc(-c3cccs3)no2)CC1)c1ccccc1. The van der Waals surface area contributed by atoms with Gasteiger partial charge >= 0.3 is 0 Å². The maximum Gasteiger partial charge on any atom is 0.251 e. The molecule has 1 N–H and O–H groups in total. The number of rotatable bonds is 6. The highest BCUT2D eigenvalue weighted by atomic mass is 32.1. The second-order valence-corrected chi connectivity index (χ2v) is 7.64. The van der Waals surface area contributed by atoms with Gasteiger partial charge in [-0.1, -0.05) is 29.4 Å². The smallest absolute Gasteiger partial charge is 0.251 e. The molecule has 29 heavy (non-hydrogen) atoms. The molecule has 4 rings (SSSR count). The fraction of sp³-hybridized carbons (Fsp3) is 0.300. The normalized spacial score (nSPS) is 14.7. The first kappa shape index (κ1) is 19.3. The number of hydrogen-bond donors (Lipinski definition) is 1. The van der Waals surface area contributed by atoms with E-state index in [2.05, 4.69) is 20.4 Å². The van der Waals surface area contributed by atoms with E-state index in [0.29, 0.717) is 36.9 Å². The van der Waals surface area contributed by atoms with E-state index in [1.165, 1.54) is 0 Å². The average Bonchev–Trinajstić information content (AvgIpc) is 3.45. The summed E-state index contributed by atoms with van der Waals surface area (Å²) in [7, 11) is 0. The number of hydrogen-bond acceptors (Lipinski definition) is 7. The van der Waals surface area contributed by atoms with Crippen molar-refractivity contribution in [3.8, 4) is 10.7 Å². The van der Waals surface area contributed by atoms with Crippen LogP contribution in [0.4, 0.5) is 0 Å². The van der Waals surface area contributed by atoms with Crippen LogP contribution in [0, 0.1) is 0 Å². The molecule has 0 saturated carbocycles. The topological polar surface area (TPSA) is 91.6 Å². The van der Waals surface area contributed by atoms with Gasteiger partial charge in [0.05, 0.1) is 18.0 Å². The molecule has 3 heterocycles. The molecule has 2 aromatic heterocycles. The van der Waals surface area contributed by atoms with Gasteiger partial charge in [0.2, 0.25) is 17.6 Å². The Morgan fingerprint density at radius 2 is 1.86 bits per heavy atom. The van der Waals surface area contributed by atoms with Gasteiger partial charge in [0.15, 0.2) is 0 Å². The predicted molar refractivity (Wildman–Crippen MR) is 108 cm³/mol. The molecular weight excluding hydrogens is 390 g/mol. The Bertz CT molecular complexity index is 950. The number of carbonyl (C=O) groups is 2. The molecule has 0 aliphatic carbocycles. The first-order valence-electron chi connectivity index (χ1n) is 9.39. The fourth-order valence-corrected chi connectivity index (χ4v) is 3.78. The minimum atomic E-state index is -0.240. The summed E-state index contributed by atoms with van der Waals surface area (Å²) in [5.41, 5.74) is 0.548. The van der Waals surface area contributed by atoms with Crippen LogP contribution in [0.3, 0.4) is 0 Å². The second-order valence-electron chi connectivity index (χ2n) is 6.69. The van der Waals surface area contributed by atoms with Crippen LogP contribution in [0.2, 0.25) is 0 Å². The van der Waals surface area contributed by atoms with Crippen molar-refractivity contribution in [1.82, 2.24) is 25.3 Å². The van der Waals surface area contributed by atoms with Gasteiger partial charge in [-0.2, -0.15) is 4.98 Å². The molecule has 0 unspecified atom stereocenters. The van der Waals surface area contributed by atoms with E-state index in [1.807, 2.05) is 23.6 Å². The van der Waals surface area contributed by atoms with Crippen LogP contribution in [0.15, 0.2) is 52.4 Å². The number of benzene rings is 1. The third-order valence-electron chi connectivity index (χ3n) is 4.73. The number of aromatic nitrogens is 2. The first-order chi connectivity index (χ1) is 14.2. The molecule has 1 aliphatic heterocycles. The van der Waals surface area contributed by atoms with Crippen molar-refractivity contribution >= 4 is 23.2 Å². The summed E-state index contributed by atoms with van der Waals surface area (Å²) >= 11 is 1.57. The summed E-state index contributed by atoms with van der Waals surface area (Å²) in [4.78, 5) is 33.8. The van der Waals surface area contributed by atoms with E-state index in [-0.39, 0.29) is 18.4 Å². The number of nitrogens with zero attached hydrogens (tertiary/aromatic N) is 4. The highest BCUT2D eigenvalue weighted by Gasteiger charge is 2.23. The van der Waals surface area contributed by atoms with Crippen LogP contribution in [0.25, 0.3) is 10.7 Å². The first-order valence-corrected chi connectivity index (χ1v) is 10.3. The van der Waals surface area contributed by atoms with Crippen molar-refractivity contribution in [3.05, 3.63) is 59.3 Å². The summed E-state index contributed by atoms with van der Waals surface area (Å²) in [5, 5.41) is 8.69. The van der Waals surface area contributed by atoms with Crippen LogP contribution in [0.1, 0.15) is 16.2 Å². The molecule has 9 heteroatoms. The maximum atomic E-state index is 12.4. The number of amides is 2. The molecule has 2 amide bonds. The van der Waals surface area contributed by atoms with E-state index < -0.39 is 0 Å². The molecule has 3 aromatic rings. The number of carbonyl (C=O) groups excluding carboxylic acids is 2. The van der Waals surface area contributed by atoms with E-state index in [9.17, 15) is 9.59 Å². The highest BCUT2D eigenvalue weighted by Crippen LogP contribution is 2.21. The zero-order valence-electron chi connectivity index (χ0n) is 15.8. The number of nitrogens with one attached hydrogen (secondary N) is 1. The molecule has 1 fully saturated rings. The Hall–Kier alpha value is -3.04. The maximum absolute atomic E-state index is 12.4. The minimum Gasteiger partial charge on any atom is -0.343 e. The third-order valence-corrected chi connectivity index (χ3v) is 5.60. The van der Waals surface area contributed by atoms with Gasteiger partial charge < -0.3 is 14.7 Å². The van der Waals surface area contributed by atoms with Crippen molar-refractivity contribution in [2.75, 3.05) is 32.7 Å². The van der Waals surface area contributed by atoms with Gasteiger partial charge in [0, 0.05) is 31.7 Å². The van der Waals surface area contributed by atoms with Crippen molar-refractivity contribution in [2.45, 2.75) is 6.54 Å². The van der Waals surface area contributed by atoms with Gasteiger partial charge in [-0.05, 0) is 23.6 Å². The minimum absolute atomic E-state index is 0.00155. The van der Waals surface area contributed by atoms with Crippen molar-refractivity contribution in [3.63, 3.8) is 0 Å². The Morgan fingerprint density at radius 1 is 1.07 bits per heavy atom. The van der Waals surface area contributed by atoms with Gasteiger partial charge in [0.25, 0.3) is 5.91 Å². The van der Waals surface area contributed by atoms with Gasteiger partial charge in [-0.25, -0.2) is 0 Å². The van der Waals surface area contributed by atoms with E-state index in [0.717, 1.165) is 18.0 Å². The van der Waals surface area contributed by atoms with Crippen molar-refractivity contribution in [1.29, 1.82) is 0 Å². The second kappa shape index (κ2) is 8.97. The highest BCUT2D eigenvalue weighted by molar-refractivity contribution is 7.13. The monoisotopic (exact) mass is 411 g/mol. The largest absolute Gasteiger partial charge is 0.343 e. The number of thiophene rings is 1. The van der Waals surface area contributed by atoms with Crippen LogP contribution < -0.4 is 5.32 Å². The predicted octanol–water partition coefficient (Wildman–Crippen LogP) is 1.87. The van der Waals surface area contributed by atoms with Gasteiger partial charge in [0.1, 0.15) is 0 Å². The standard InChI is InChI=1S/C20H21N5O3S/c26-18(13-21-20(27)15-5-2-1-3-6-15)25-10-8-24(9-11-25)14-17-22-19(23-28-17)16-7-4-12-29-16/h1-7,12H,8-11,13-14H2,(H,21,27). The lowest BCUT2D eigenvalue weighted by atomic mass is 10.2. The molecule has 0 radical (unpaired) electrons. The Kier molecular flexibility index (Phi) is 5.97. The molecule has 0 spiro atoms. The molecule has 1 aromatic carbocycles. The Labute approximate surface area is 172 Å². The molecule has 1 aliphatic rings. The zero-order valence-corrected chi connectivity index (χ0v) is 16.6. The molecule has 8 nitrogen and oxygen atoms in total. The summed E-state index contributed by atoms with van der Waals surface area (Å²) in [6, 6.07) is 12.8. The average molecular weight is 411 g/mol.